The van der Waals surface area contributed by atoms with Gasteiger partial charge in [-0.3, -0.25) is 0 Å². The molecular formula is C17H17FN4O. The van der Waals surface area contributed by atoms with Crippen molar-refractivity contribution in [2.45, 2.75) is 0 Å². The molecule has 0 saturated carbocycles. The summed E-state index contributed by atoms with van der Waals surface area (Å²) in [7, 11) is 1.65. The molecule has 0 unspecified atom stereocenters. The van der Waals surface area contributed by atoms with Crippen LogP contribution in [0.4, 0.5) is 21.8 Å². The van der Waals surface area contributed by atoms with Crippen LogP contribution < -0.4 is 10.6 Å². The van der Waals surface area contributed by atoms with Gasteiger partial charge in [-0.05, 0) is 30.3 Å². The van der Waals surface area contributed by atoms with Crippen LogP contribution in [0.15, 0.2) is 48.5 Å². The number of hydrogen-bond donors (Lipinski definition) is 2. The first-order valence-electron chi connectivity index (χ1n) is 7.28. The molecule has 2 N–H and O–H groups in total. The molecular weight excluding hydrogens is 295 g/mol. The summed E-state index contributed by atoms with van der Waals surface area (Å²) in [5.74, 6) is 0.815. The van der Waals surface area contributed by atoms with Crippen LogP contribution in [-0.2, 0) is 4.74 Å². The molecule has 0 bridgehead atoms. The Morgan fingerprint density at radius 3 is 2.78 bits per heavy atom. The van der Waals surface area contributed by atoms with Crippen molar-refractivity contribution in [2.24, 2.45) is 0 Å². The van der Waals surface area contributed by atoms with Gasteiger partial charge in [0.2, 0.25) is 5.95 Å². The highest BCUT2D eigenvalue weighted by atomic mass is 19.1. The second-order valence-electron chi connectivity index (χ2n) is 4.97. The normalized spacial score (nSPS) is 10.7. The molecule has 0 radical (unpaired) electrons. The third-order valence-corrected chi connectivity index (χ3v) is 3.28. The number of aromatic nitrogens is 2. The van der Waals surface area contributed by atoms with E-state index in [1.165, 1.54) is 12.1 Å². The van der Waals surface area contributed by atoms with Crippen LogP contribution in [0.1, 0.15) is 0 Å². The average molecular weight is 312 g/mol. The minimum Gasteiger partial charge on any atom is -0.383 e. The molecule has 0 aliphatic carbocycles. The quantitative estimate of drug-likeness (QED) is 0.681. The van der Waals surface area contributed by atoms with Crippen molar-refractivity contribution in [3.63, 3.8) is 0 Å². The van der Waals surface area contributed by atoms with E-state index in [9.17, 15) is 4.39 Å². The van der Waals surface area contributed by atoms with Crippen LogP contribution in [0, 0.1) is 5.82 Å². The number of fused-ring (bicyclic) bond motifs is 1. The summed E-state index contributed by atoms with van der Waals surface area (Å²) < 4.78 is 18.4. The van der Waals surface area contributed by atoms with E-state index in [4.69, 9.17) is 4.74 Å². The molecule has 0 fully saturated rings. The van der Waals surface area contributed by atoms with Crippen molar-refractivity contribution >= 4 is 28.4 Å². The van der Waals surface area contributed by atoms with Gasteiger partial charge in [0.15, 0.2) is 0 Å². The number of ether oxygens (including phenoxy) is 1. The SMILES string of the molecule is COCCNc1nc(Nc2cccc(F)c2)nc2ccccc12. The van der Waals surface area contributed by atoms with Crippen molar-refractivity contribution in [1.82, 2.24) is 9.97 Å². The number of rotatable bonds is 6. The number of methoxy groups -OCH3 is 1. The molecule has 0 saturated heterocycles. The Bertz CT molecular complexity index is 809. The molecule has 118 valence electrons. The lowest BCUT2D eigenvalue weighted by molar-refractivity contribution is 0.210. The molecule has 0 amide bonds. The highest BCUT2D eigenvalue weighted by Crippen LogP contribution is 2.23. The number of benzene rings is 2. The first kappa shape index (κ1) is 15.2. The molecule has 6 heteroatoms. The van der Waals surface area contributed by atoms with E-state index in [-0.39, 0.29) is 5.82 Å². The molecule has 2 aromatic carbocycles. The van der Waals surface area contributed by atoms with Crippen molar-refractivity contribution in [3.05, 3.63) is 54.3 Å². The minimum atomic E-state index is -0.311. The summed E-state index contributed by atoms with van der Waals surface area (Å²) in [5, 5.41) is 7.19. The fourth-order valence-electron chi connectivity index (χ4n) is 2.23. The average Bonchev–Trinajstić information content (AvgIpc) is 2.55. The van der Waals surface area contributed by atoms with Gasteiger partial charge in [0.25, 0.3) is 0 Å². The first-order valence-corrected chi connectivity index (χ1v) is 7.28. The Morgan fingerprint density at radius 2 is 1.96 bits per heavy atom. The molecule has 0 atom stereocenters. The smallest absolute Gasteiger partial charge is 0.229 e. The maximum Gasteiger partial charge on any atom is 0.229 e. The number of nitrogens with zero attached hydrogens (tertiary/aromatic N) is 2. The molecule has 1 heterocycles. The molecule has 23 heavy (non-hydrogen) atoms. The van der Waals surface area contributed by atoms with Crippen molar-refractivity contribution < 1.29 is 9.13 Å². The van der Waals surface area contributed by atoms with Crippen LogP contribution >= 0.6 is 0 Å². The molecule has 1 aromatic heterocycles. The maximum absolute atomic E-state index is 13.3. The largest absolute Gasteiger partial charge is 0.383 e. The zero-order valence-corrected chi connectivity index (χ0v) is 12.7. The summed E-state index contributed by atoms with van der Waals surface area (Å²) >= 11 is 0. The molecule has 5 nitrogen and oxygen atoms in total. The topological polar surface area (TPSA) is 59.1 Å². The summed E-state index contributed by atoms with van der Waals surface area (Å²) in [4.78, 5) is 8.96. The summed E-state index contributed by atoms with van der Waals surface area (Å²) in [6.45, 7) is 1.21. The summed E-state index contributed by atoms with van der Waals surface area (Å²) in [6, 6.07) is 13.9. The van der Waals surface area contributed by atoms with Crippen LogP contribution in [0.2, 0.25) is 0 Å². The Balaban J connectivity index is 1.93. The van der Waals surface area contributed by atoms with Crippen molar-refractivity contribution in [3.8, 4) is 0 Å². The Morgan fingerprint density at radius 1 is 1.09 bits per heavy atom. The molecule has 0 spiro atoms. The lowest BCUT2D eigenvalue weighted by Gasteiger charge is -2.11. The van der Waals surface area contributed by atoms with Gasteiger partial charge in [-0.1, -0.05) is 18.2 Å². The number of nitrogens with one attached hydrogen (secondary N) is 2. The predicted molar refractivity (Wildman–Crippen MR) is 89.6 cm³/mol. The molecule has 0 aliphatic rings. The van der Waals surface area contributed by atoms with Gasteiger partial charge in [-0.25, -0.2) is 9.37 Å². The summed E-state index contributed by atoms with van der Waals surface area (Å²) in [6.07, 6.45) is 0. The van der Waals surface area contributed by atoms with Gasteiger partial charge in [-0.15, -0.1) is 0 Å². The van der Waals surface area contributed by atoms with Crippen LogP contribution in [-0.4, -0.2) is 30.2 Å². The molecule has 3 rings (SSSR count). The van der Waals surface area contributed by atoms with Gasteiger partial charge < -0.3 is 15.4 Å². The van der Waals surface area contributed by atoms with Gasteiger partial charge >= 0.3 is 0 Å². The van der Waals surface area contributed by atoms with Gasteiger partial charge in [0, 0.05) is 24.7 Å². The monoisotopic (exact) mass is 312 g/mol. The van der Waals surface area contributed by atoms with E-state index < -0.39 is 0 Å². The number of para-hydroxylation sites is 1. The minimum absolute atomic E-state index is 0.311. The van der Waals surface area contributed by atoms with E-state index in [1.807, 2.05) is 24.3 Å². The Labute approximate surface area is 133 Å². The van der Waals surface area contributed by atoms with Crippen molar-refractivity contribution in [1.29, 1.82) is 0 Å². The lowest BCUT2D eigenvalue weighted by atomic mass is 10.2. The molecule has 3 aromatic rings. The summed E-state index contributed by atoms with van der Waals surface area (Å²) in [5.41, 5.74) is 1.41. The highest BCUT2D eigenvalue weighted by Gasteiger charge is 2.07. The fraction of sp³-hybridized carbons (Fsp3) is 0.176. The van der Waals surface area contributed by atoms with Crippen LogP contribution in [0.5, 0.6) is 0 Å². The third-order valence-electron chi connectivity index (χ3n) is 3.28. The number of halogens is 1. The Kier molecular flexibility index (Phi) is 4.63. The second-order valence-corrected chi connectivity index (χ2v) is 4.97. The third kappa shape index (κ3) is 3.73. The molecule has 0 aliphatic heterocycles. The van der Waals surface area contributed by atoms with Crippen LogP contribution in [0.3, 0.4) is 0 Å². The number of hydrogen-bond acceptors (Lipinski definition) is 5. The van der Waals surface area contributed by atoms with Crippen molar-refractivity contribution in [2.75, 3.05) is 30.9 Å². The Hall–Kier alpha value is -2.73. The number of anilines is 3. The van der Waals surface area contributed by atoms with E-state index in [1.54, 1.807) is 19.2 Å². The predicted octanol–water partition coefficient (Wildman–Crippen LogP) is 3.57. The van der Waals surface area contributed by atoms with E-state index >= 15 is 0 Å². The highest BCUT2D eigenvalue weighted by molar-refractivity contribution is 5.90. The van der Waals surface area contributed by atoms with E-state index in [0.29, 0.717) is 30.6 Å². The zero-order chi connectivity index (χ0) is 16.1. The van der Waals surface area contributed by atoms with Gasteiger partial charge in [-0.2, -0.15) is 4.98 Å². The van der Waals surface area contributed by atoms with Gasteiger partial charge in [0.05, 0.1) is 12.1 Å². The van der Waals surface area contributed by atoms with E-state index in [2.05, 4.69) is 20.6 Å². The maximum atomic E-state index is 13.3. The lowest BCUT2D eigenvalue weighted by Crippen LogP contribution is -2.10. The van der Waals surface area contributed by atoms with Gasteiger partial charge in [0.1, 0.15) is 11.6 Å². The van der Waals surface area contributed by atoms with Crippen LogP contribution in [0.25, 0.3) is 10.9 Å². The fourth-order valence-corrected chi connectivity index (χ4v) is 2.23. The van der Waals surface area contributed by atoms with E-state index in [0.717, 1.165) is 10.9 Å². The zero-order valence-electron chi connectivity index (χ0n) is 12.7. The standard InChI is InChI=1S/C17H17FN4O/c1-23-10-9-19-16-14-7-2-3-8-15(14)21-17(22-16)20-13-6-4-5-12(18)11-13/h2-8,11H,9-10H2,1H3,(H2,19,20,21,22). The second kappa shape index (κ2) is 7.02. The first-order chi connectivity index (χ1) is 11.3.